The molecule has 0 amide bonds. The molecule has 0 saturated carbocycles. The maximum Gasteiger partial charge on any atom is 0.123 e. The smallest absolute Gasteiger partial charge is 0.123 e. The maximum atomic E-state index is 4.42. The van der Waals surface area contributed by atoms with Crippen molar-refractivity contribution < 1.29 is 0 Å². The number of imidazole rings is 1. The van der Waals surface area contributed by atoms with E-state index in [1.165, 1.54) is 12.8 Å². The lowest BCUT2D eigenvalue weighted by Gasteiger charge is -2.04. The van der Waals surface area contributed by atoms with Crippen molar-refractivity contribution in [2.45, 2.75) is 18.9 Å². The van der Waals surface area contributed by atoms with Crippen LogP contribution in [-0.4, -0.2) is 21.5 Å². The van der Waals surface area contributed by atoms with Gasteiger partial charge in [0, 0.05) is 6.20 Å². The van der Waals surface area contributed by atoms with Crippen LogP contribution < -0.4 is 5.32 Å². The van der Waals surface area contributed by atoms with E-state index in [1.54, 1.807) is 0 Å². The zero-order valence-corrected chi connectivity index (χ0v) is 8.46. The van der Waals surface area contributed by atoms with Crippen molar-refractivity contribution in [1.82, 2.24) is 20.3 Å². The summed E-state index contributed by atoms with van der Waals surface area (Å²) in [6.07, 6.45) is 6.23. The molecule has 1 aliphatic rings. The van der Waals surface area contributed by atoms with Gasteiger partial charge in [-0.15, -0.1) is 0 Å². The summed E-state index contributed by atoms with van der Waals surface area (Å²) in [5.41, 5.74) is 2.15. The molecular weight excluding hydrogens is 188 g/mol. The van der Waals surface area contributed by atoms with Crippen LogP contribution in [0.4, 0.5) is 0 Å². The second-order valence-electron chi connectivity index (χ2n) is 3.91. The van der Waals surface area contributed by atoms with Crippen LogP contribution in [0, 0.1) is 0 Å². The van der Waals surface area contributed by atoms with Gasteiger partial charge in [-0.25, -0.2) is 4.98 Å². The Morgan fingerprint density at radius 2 is 2.33 bits per heavy atom. The molecule has 78 valence electrons. The van der Waals surface area contributed by atoms with Crippen molar-refractivity contribution in [3.8, 4) is 11.4 Å². The summed E-state index contributed by atoms with van der Waals surface area (Å²) in [5.74, 6) is 1.05. The molecule has 3 heterocycles. The number of nitrogens with one attached hydrogen (secondary N) is 3. The zero-order chi connectivity index (χ0) is 10.1. The number of rotatable bonds is 2. The summed E-state index contributed by atoms with van der Waals surface area (Å²) in [6.45, 7) is 1.10. The first-order valence-electron chi connectivity index (χ1n) is 5.35. The quantitative estimate of drug-likeness (QED) is 0.695. The minimum absolute atomic E-state index is 0.411. The molecule has 15 heavy (non-hydrogen) atoms. The first-order chi connectivity index (χ1) is 7.43. The third kappa shape index (κ3) is 1.57. The highest BCUT2D eigenvalue weighted by molar-refractivity contribution is 5.53. The molecule has 3 N–H and O–H groups in total. The second kappa shape index (κ2) is 3.55. The summed E-state index contributed by atoms with van der Waals surface area (Å²) >= 11 is 0. The molecule has 1 saturated heterocycles. The Bertz CT molecular complexity index is 423. The van der Waals surface area contributed by atoms with Crippen LogP contribution in [0.3, 0.4) is 0 Å². The Balaban J connectivity index is 1.87. The number of nitrogens with zero attached hydrogens (tertiary/aromatic N) is 1. The zero-order valence-electron chi connectivity index (χ0n) is 8.46. The Morgan fingerprint density at radius 3 is 3.07 bits per heavy atom. The fourth-order valence-electron chi connectivity index (χ4n) is 2.07. The van der Waals surface area contributed by atoms with Crippen molar-refractivity contribution in [2.24, 2.45) is 0 Å². The lowest BCUT2D eigenvalue weighted by Crippen LogP contribution is -2.14. The normalized spacial score (nSPS) is 20.9. The minimum atomic E-state index is 0.411. The number of H-pyrrole nitrogens is 2. The van der Waals surface area contributed by atoms with E-state index in [1.807, 2.05) is 24.5 Å². The fourth-order valence-corrected chi connectivity index (χ4v) is 2.07. The van der Waals surface area contributed by atoms with Gasteiger partial charge in [0.1, 0.15) is 5.82 Å². The highest BCUT2D eigenvalue weighted by Crippen LogP contribution is 2.22. The third-order valence-corrected chi connectivity index (χ3v) is 2.87. The van der Waals surface area contributed by atoms with Crippen molar-refractivity contribution >= 4 is 0 Å². The molecule has 0 radical (unpaired) electrons. The van der Waals surface area contributed by atoms with Crippen LogP contribution in [-0.2, 0) is 0 Å². The van der Waals surface area contributed by atoms with Gasteiger partial charge < -0.3 is 15.3 Å². The molecule has 4 nitrogen and oxygen atoms in total. The van der Waals surface area contributed by atoms with Crippen LogP contribution in [0.15, 0.2) is 24.5 Å². The van der Waals surface area contributed by atoms with Gasteiger partial charge in [-0.05, 0) is 31.5 Å². The number of aromatic amines is 2. The second-order valence-corrected chi connectivity index (χ2v) is 3.91. The molecule has 0 bridgehead atoms. The number of hydrogen-bond acceptors (Lipinski definition) is 2. The van der Waals surface area contributed by atoms with Crippen molar-refractivity contribution in [3.05, 3.63) is 30.4 Å². The van der Waals surface area contributed by atoms with Gasteiger partial charge in [0.05, 0.1) is 23.6 Å². The molecule has 0 aliphatic carbocycles. The monoisotopic (exact) mass is 202 g/mol. The first kappa shape index (κ1) is 8.73. The van der Waals surface area contributed by atoms with E-state index in [0.29, 0.717) is 6.04 Å². The largest absolute Gasteiger partial charge is 0.360 e. The topological polar surface area (TPSA) is 56.5 Å². The Labute approximate surface area is 88.1 Å². The summed E-state index contributed by atoms with van der Waals surface area (Å²) < 4.78 is 0. The van der Waals surface area contributed by atoms with E-state index in [0.717, 1.165) is 23.8 Å². The van der Waals surface area contributed by atoms with Gasteiger partial charge >= 0.3 is 0 Å². The van der Waals surface area contributed by atoms with Gasteiger partial charge in [-0.2, -0.15) is 0 Å². The van der Waals surface area contributed by atoms with Crippen LogP contribution in [0.1, 0.15) is 24.7 Å². The van der Waals surface area contributed by atoms with E-state index in [9.17, 15) is 0 Å². The van der Waals surface area contributed by atoms with Crippen LogP contribution in [0.5, 0.6) is 0 Å². The van der Waals surface area contributed by atoms with Crippen LogP contribution >= 0.6 is 0 Å². The standard InChI is InChI=1S/C11H14N4/c1-3-8(12-5-1)10-7-14-11(15-10)9-4-2-6-13-9/h1,3,5,7,9,12-13H,2,4,6H2,(H,14,15). The van der Waals surface area contributed by atoms with E-state index < -0.39 is 0 Å². The average molecular weight is 202 g/mol. The molecule has 0 aromatic carbocycles. The van der Waals surface area contributed by atoms with E-state index in [2.05, 4.69) is 20.3 Å². The predicted molar refractivity (Wildman–Crippen MR) is 58.4 cm³/mol. The lowest BCUT2D eigenvalue weighted by atomic mass is 10.2. The van der Waals surface area contributed by atoms with Crippen molar-refractivity contribution in [1.29, 1.82) is 0 Å². The Hall–Kier alpha value is -1.55. The molecule has 1 fully saturated rings. The van der Waals surface area contributed by atoms with E-state index >= 15 is 0 Å². The highest BCUT2D eigenvalue weighted by atomic mass is 15.0. The van der Waals surface area contributed by atoms with Gasteiger partial charge in [-0.1, -0.05) is 0 Å². The molecule has 4 heteroatoms. The summed E-state index contributed by atoms with van der Waals surface area (Å²) in [4.78, 5) is 10.9. The van der Waals surface area contributed by atoms with Gasteiger partial charge in [-0.3, -0.25) is 0 Å². The summed E-state index contributed by atoms with van der Waals surface area (Å²) in [6, 6.07) is 4.44. The molecular formula is C11H14N4. The van der Waals surface area contributed by atoms with E-state index in [-0.39, 0.29) is 0 Å². The average Bonchev–Trinajstić information content (AvgIpc) is 3.02. The van der Waals surface area contributed by atoms with Gasteiger partial charge in [0.15, 0.2) is 0 Å². The fraction of sp³-hybridized carbons (Fsp3) is 0.364. The van der Waals surface area contributed by atoms with Crippen LogP contribution in [0.2, 0.25) is 0 Å². The van der Waals surface area contributed by atoms with Crippen molar-refractivity contribution in [2.75, 3.05) is 6.54 Å². The maximum absolute atomic E-state index is 4.42. The molecule has 1 atom stereocenters. The number of aromatic nitrogens is 3. The van der Waals surface area contributed by atoms with Crippen molar-refractivity contribution in [3.63, 3.8) is 0 Å². The minimum Gasteiger partial charge on any atom is -0.360 e. The molecule has 1 aliphatic heterocycles. The lowest BCUT2D eigenvalue weighted by molar-refractivity contribution is 0.613. The number of hydrogen-bond donors (Lipinski definition) is 3. The molecule has 3 rings (SSSR count). The predicted octanol–water partition coefficient (Wildman–Crippen LogP) is 1.83. The van der Waals surface area contributed by atoms with E-state index in [4.69, 9.17) is 0 Å². The third-order valence-electron chi connectivity index (χ3n) is 2.87. The van der Waals surface area contributed by atoms with Gasteiger partial charge in [0.25, 0.3) is 0 Å². The SMILES string of the molecule is c1c[nH]c(-c2cnc(C3CCCN3)[nH]2)c1. The summed E-state index contributed by atoms with van der Waals surface area (Å²) in [5, 5.41) is 3.43. The molecule has 2 aromatic rings. The molecule has 2 aromatic heterocycles. The molecule has 1 unspecified atom stereocenters. The van der Waals surface area contributed by atoms with Gasteiger partial charge in [0.2, 0.25) is 0 Å². The first-order valence-corrected chi connectivity index (χ1v) is 5.35. The Kier molecular flexibility index (Phi) is 2.07. The highest BCUT2D eigenvalue weighted by Gasteiger charge is 2.19. The van der Waals surface area contributed by atoms with Crippen LogP contribution in [0.25, 0.3) is 11.4 Å². The summed E-state index contributed by atoms with van der Waals surface area (Å²) in [7, 11) is 0. The molecule has 0 spiro atoms. The Morgan fingerprint density at radius 1 is 1.33 bits per heavy atom.